The van der Waals surface area contributed by atoms with Crippen LogP contribution in [0.3, 0.4) is 0 Å². The highest BCUT2D eigenvalue weighted by atomic mass is 16.5. The quantitative estimate of drug-likeness (QED) is 0.208. The first kappa shape index (κ1) is 24.1. The number of carboxylic acid groups (broad SMARTS) is 1. The number of aliphatic carboxylic acids is 1. The summed E-state index contributed by atoms with van der Waals surface area (Å²) in [5, 5.41) is 20.6. The Morgan fingerprint density at radius 3 is 2.13 bits per heavy atom. The van der Waals surface area contributed by atoms with Crippen molar-refractivity contribution in [1.29, 1.82) is 5.41 Å². The van der Waals surface area contributed by atoms with Gasteiger partial charge < -0.3 is 25.6 Å². The summed E-state index contributed by atoms with van der Waals surface area (Å²) in [6.45, 7) is 6.90. The number of unbranched alkanes of at least 4 members (excludes halogenated alkanes) is 2. The van der Waals surface area contributed by atoms with Crippen molar-refractivity contribution in [2.75, 3.05) is 18.5 Å². The van der Waals surface area contributed by atoms with E-state index in [1.54, 1.807) is 49.4 Å². The van der Waals surface area contributed by atoms with Crippen molar-refractivity contribution >= 4 is 17.5 Å². The molecule has 1 atom stereocenters. The van der Waals surface area contributed by atoms with Crippen LogP contribution in [-0.2, 0) is 10.3 Å². The van der Waals surface area contributed by atoms with Gasteiger partial charge in [0.05, 0.1) is 13.2 Å². The van der Waals surface area contributed by atoms with Gasteiger partial charge in [-0.15, -0.1) is 0 Å². The van der Waals surface area contributed by atoms with E-state index >= 15 is 0 Å². The van der Waals surface area contributed by atoms with Crippen LogP contribution in [0, 0.1) is 5.41 Å². The van der Waals surface area contributed by atoms with Gasteiger partial charge in [-0.2, -0.15) is 0 Å². The number of hydrogen-bond donors (Lipinski definition) is 4. The molecular weight excluding hydrogens is 394 g/mol. The standard InChI is InChI=1S/C24H33N3O4/c1-4-6-14-30-20-13-10-18(16-21(20)31-15-7-5-2)24(3,23(28)29)27-19-11-8-17(9-12-19)22(25)26/h8-13,16,27H,4-7,14-15H2,1-3H3,(H3,25,26)(H,28,29). The number of benzene rings is 2. The minimum atomic E-state index is -1.40. The summed E-state index contributed by atoms with van der Waals surface area (Å²) in [6.07, 6.45) is 3.85. The zero-order valence-electron chi connectivity index (χ0n) is 18.5. The van der Waals surface area contributed by atoms with E-state index in [1.807, 2.05) is 0 Å². The number of ether oxygens (including phenoxy) is 2. The molecule has 0 heterocycles. The lowest BCUT2D eigenvalue weighted by Gasteiger charge is -2.29. The highest BCUT2D eigenvalue weighted by Gasteiger charge is 2.36. The molecule has 7 heteroatoms. The first-order valence-electron chi connectivity index (χ1n) is 10.7. The Kier molecular flexibility index (Phi) is 8.73. The molecule has 1 unspecified atom stereocenters. The average molecular weight is 428 g/mol. The van der Waals surface area contributed by atoms with E-state index in [-0.39, 0.29) is 5.84 Å². The van der Waals surface area contributed by atoms with Crippen LogP contribution in [0.2, 0.25) is 0 Å². The molecule has 0 aromatic heterocycles. The fourth-order valence-electron chi connectivity index (χ4n) is 2.97. The van der Waals surface area contributed by atoms with Crippen molar-refractivity contribution in [2.45, 2.75) is 52.0 Å². The van der Waals surface area contributed by atoms with Gasteiger partial charge >= 0.3 is 5.97 Å². The van der Waals surface area contributed by atoms with Crippen molar-refractivity contribution in [3.63, 3.8) is 0 Å². The number of nitrogens with one attached hydrogen (secondary N) is 2. The minimum Gasteiger partial charge on any atom is -0.490 e. The van der Waals surface area contributed by atoms with Gasteiger partial charge in [-0.25, -0.2) is 4.79 Å². The summed E-state index contributed by atoms with van der Waals surface area (Å²) >= 11 is 0. The summed E-state index contributed by atoms with van der Waals surface area (Å²) in [5.74, 6) is 0.0949. The second-order valence-electron chi connectivity index (χ2n) is 7.61. The highest BCUT2D eigenvalue weighted by Crippen LogP contribution is 2.35. The zero-order valence-corrected chi connectivity index (χ0v) is 18.5. The molecule has 2 aromatic carbocycles. The predicted molar refractivity (Wildman–Crippen MR) is 123 cm³/mol. The third-order valence-electron chi connectivity index (χ3n) is 5.05. The molecule has 7 nitrogen and oxygen atoms in total. The Bertz CT molecular complexity index is 883. The Morgan fingerprint density at radius 2 is 1.61 bits per heavy atom. The van der Waals surface area contributed by atoms with E-state index in [0.717, 1.165) is 25.7 Å². The maximum absolute atomic E-state index is 12.3. The van der Waals surface area contributed by atoms with Crippen LogP contribution < -0.4 is 20.5 Å². The average Bonchev–Trinajstić information content (AvgIpc) is 2.75. The molecule has 168 valence electrons. The summed E-state index contributed by atoms with van der Waals surface area (Å²) in [7, 11) is 0. The van der Waals surface area contributed by atoms with Crippen LogP contribution in [0.5, 0.6) is 11.5 Å². The fraction of sp³-hybridized carbons (Fsp3) is 0.417. The van der Waals surface area contributed by atoms with Gasteiger partial charge in [-0.05, 0) is 61.7 Å². The first-order valence-corrected chi connectivity index (χ1v) is 10.7. The molecule has 0 saturated heterocycles. The third-order valence-corrected chi connectivity index (χ3v) is 5.05. The highest BCUT2D eigenvalue weighted by molar-refractivity contribution is 5.95. The number of carbonyl (C=O) groups is 1. The van der Waals surface area contributed by atoms with Crippen LogP contribution in [0.4, 0.5) is 5.69 Å². The van der Waals surface area contributed by atoms with Crippen LogP contribution in [0.15, 0.2) is 42.5 Å². The summed E-state index contributed by atoms with van der Waals surface area (Å²) < 4.78 is 11.8. The maximum atomic E-state index is 12.3. The van der Waals surface area contributed by atoms with Crippen molar-refractivity contribution in [3.05, 3.63) is 53.6 Å². The van der Waals surface area contributed by atoms with E-state index in [4.69, 9.17) is 20.6 Å². The molecule has 0 amide bonds. The van der Waals surface area contributed by atoms with Crippen LogP contribution in [0.25, 0.3) is 0 Å². The largest absolute Gasteiger partial charge is 0.490 e. The predicted octanol–water partition coefficient (Wildman–Crippen LogP) is 4.74. The molecule has 5 N–H and O–H groups in total. The van der Waals surface area contributed by atoms with Gasteiger partial charge in [0.1, 0.15) is 5.84 Å². The molecule has 0 aliphatic carbocycles. The summed E-state index contributed by atoms with van der Waals surface area (Å²) in [5.41, 5.74) is 5.82. The fourth-order valence-corrected chi connectivity index (χ4v) is 2.97. The SMILES string of the molecule is CCCCOc1ccc(C(C)(Nc2ccc(C(=N)N)cc2)C(=O)O)cc1OCCCC. The number of amidine groups is 1. The number of rotatable bonds is 13. The molecule has 31 heavy (non-hydrogen) atoms. The van der Waals surface area contributed by atoms with Crippen LogP contribution in [-0.4, -0.2) is 30.1 Å². The summed E-state index contributed by atoms with van der Waals surface area (Å²) in [6, 6.07) is 12.0. The van der Waals surface area contributed by atoms with Gasteiger partial charge in [0.15, 0.2) is 17.0 Å². The molecule has 0 aliphatic heterocycles. The second kappa shape index (κ2) is 11.2. The Morgan fingerprint density at radius 1 is 1.03 bits per heavy atom. The molecule has 2 rings (SSSR count). The Labute approximate surface area is 184 Å². The van der Waals surface area contributed by atoms with E-state index in [2.05, 4.69) is 19.2 Å². The maximum Gasteiger partial charge on any atom is 0.333 e. The lowest BCUT2D eigenvalue weighted by Crippen LogP contribution is -2.40. The molecule has 0 spiro atoms. The van der Waals surface area contributed by atoms with Crippen molar-refractivity contribution < 1.29 is 19.4 Å². The molecule has 0 saturated carbocycles. The molecule has 2 aromatic rings. The number of nitrogens with two attached hydrogens (primary N) is 1. The molecule has 0 bridgehead atoms. The summed E-state index contributed by atoms with van der Waals surface area (Å²) in [4.78, 5) is 12.3. The second-order valence-corrected chi connectivity index (χ2v) is 7.61. The number of hydrogen-bond acceptors (Lipinski definition) is 5. The van der Waals surface area contributed by atoms with Crippen molar-refractivity contribution in [2.24, 2.45) is 5.73 Å². The van der Waals surface area contributed by atoms with Gasteiger partial charge in [-0.3, -0.25) is 5.41 Å². The van der Waals surface area contributed by atoms with Gasteiger partial charge in [0, 0.05) is 11.3 Å². The monoisotopic (exact) mass is 427 g/mol. The van der Waals surface area contributed by atoms with E-state index in [1.165, 1.54) is 0 Å². The van der Waals surface area contributed by atoms with E-state index in [9.17, 15) is 9.90 Å². The first-order chi connectivity index (χ1) is 14.8. The Balaban J connectivity index is 2.35. The molecule has 0 aliphatic rings. The van der Waals surface area contributed by atoms with Gasteiger partial charge in [0.25, 0.3) is 0 Å². The number of carboxylic acids is 1. The smallest absolute Gasteiger partial charge is 0.333 e. The van der Waals surface area contributed by atoms with Crippen molar-refractivity contribution in [3.8, 4) is 11.5 Å². The minimum absolute atomic E-state index is 0.0416. The van der Waals surface area contributed by atoms with E-state index in [0.29, 0.717) is 41.5 Å². The number of anilines is 1. The van der Waals surface area contributed by atoms with Crippen molar-refractivity contribution in [1.82, 2.24) is 0 Å². The van der Waals surface area contributed by atoms with Crippen LogP contribution >= 0.6 is 0 Å². The number of nitrogen functional groups attached to an aromatic ring is 1. The topological polar surface area (TPSA) is 118 Å². The molecule has 0 fully saturated rings. The Hall–Kier alpha value is -3.22. The van der Waals surface area contributed by atoms with Gasteiger partial charge in [0.2, 0.25) is 0 Å². The van der Waals surface area contributed by atoms with E-state index < -0.39 is 11.5 Å². The normalized spacial score (nSPS) is 12.6. The molecule has 0 radical (unpaired) electrons. The zero-order chi connectivity index (χ0) is 22.9. The lowest BCUT2D eigenvalue weighted by molar-refractivity contribution is -0.142. The van der Waals surface area contributed by atoms with Gasteiger partial charge in [-0.1, -0.05) is 32.8 Å². The third kappa shape index (κ3) is 6.38. The van der Waals surface area contributed by atoms with Crippen LogP contribution in [0.1, 0.15) is 57.6 Å². The molecular formula is C24H33N3O4. The lowest BCUT2D eigenvalue weighted by atomic mass is 9.91.